The molecule has 0 saturated carbocycles. The third-order valence-corrected chi connectivity index (χ3v) is 6.34. The molecule has 21 heavy (non-hydrogen) atoms. The van der Waals surface area contributed by atoms with Gasteiger partial charge in [0.25, 0.3) is 0 Å². The first-order valence-corrected chi connectivity index (χ1v) is 9.13. The Balaban J connectivity index is 2.28. The first-order chi connectivity index (χ1) is 9.96. The highest BCUT2D eigenvalue weighted by atomic mass is 32.2. The Bertz CT molecular complexity index is 583. The van der Waals surface area contributed by atoms with Crippen molar-refractivity contribution in [3.63, 3.8) is 0 Å². The zero-order valence-electron chi connectivity index (χ0n) is 13.1. The van der Waals surface area contributed by atoms with Gasteiger partial charge < -0.3 is 10.1 Å². The van der Waals surface area contributed by atoms with E-state index in [4.69, 9.17) is 4.74 Å². The van der Waals surface area contributed by atoms with Crippen molar-refractivity contribution in [2.75, 3.05) is 19.8 Å². The van der Waals surface area contributed by atoms with Crippen molar-refractivity contribution in [1.29, 1.82) is 0 Å². The van der Waals surface area contributed by atoms with Crippen LogP contribution in [0, 0.1) is 13.8 Å². The molecule has 0 radical (unpaired) electrons. The molecule has 1 aromatic carbocycles. The molecule has 1 N–H and O–H groups in total. The van der Waals surface area contributed by atoms with Crippen LogP contribution in [0.15, 0.2) is 23.1 Å². The molecule has 5 heteroatoms. The maximum atomic E-state index is 12.9. The number of rotatable bonds is 5. The van der Waals surface area contributed by atoms with E-state index in [1.54, 1.807) is 12.1 Å². The average Bonchev–Trinajstić information content (AvgIpc) is 2.48. The van der Waals surface area contributed by atoms with Crippen LogP contribution in [-0.4, -0.2) is 39.5 Å². The number of nitrogens with one attached hydrogen (secondary N) is 1. The second-order valence-electron chi connectivity index (χ2n) is 5.75. The fourth-order valence-corrected chi connectivity index (χ4v) is 4.54. The number of sulfone groups is 1. The van der Waals surface area contributed by atoms with Gasteiger partial charge >= 0.3 is 0 Å². The average molecular weight is 311 g/mol. The number of aryl methyl sites for hydroxylation is 2. The number of hydrogen-bond donors (Lipinski definition) is 1. The normalized spacial score (nSPS) is 23.2. The molecule has 1 heterocycles. The molecule has 2 rings (SSSR count). The van der Waals surface area contributed by atoms with E-state index in [1.807, 2.05) is 19.9 Å². The quantitative estimate of drug-likeness (QED) is 0.906. The fourth-order valence-electron chi connectivity index (χ4n) is 2.65. The molecule has 2 atom stereocenters. The lowest BCUT2D eigenvalue weighted by atomic mass is 10.1. The minimum atomic E-state index is -3.37. The van der Waals surface area contributed by atoms with E-state index in [0.717, 1.165) is 30.5 Å². The van der Waals surface area contributed by atoms with Crippen molar-refractivity contribution in [3.05, 3.63) is 29.3 Å². The van der Waals surface area contributed by atoms with Crippen LogP contribution in [0.3, 0.4) is 0 Å². The Labute approximate surface area is 127 Å². The lowest BCUT2D eigenvalue weighted by molar-refractivity contribution is 0.0808. The molecule has 1 aromatic rings. The van der Waals surface area contributed by atoms with Crippen molar-refractivity contribution in [3.8, 4) is 0 Å². The number of hydrogen-bond acceptors (Lipinski definition) is 4. The highest BCUT2D eigenvalue weighted by molar-refractivity contribution is 7.92. The topological polar surface area (TPSA) is 55.4 Å². The van der Waals surface area contributed by atoms with Gasteiger partial charge in [-0.05, 0) is 56.5 Å². The van der Waals surface area contributed by atoms with Crippen LogP contribution in [0.25, 0.3) is 0 Å². The Kier molecular flexibility index (Phi) is 5.41. The van der Waals surface area contributed by atoms with Gasteiger partial charge in [-0.25, -0.2) is 8.42 Å². The van der Waals surface area contributed by atoms with Crippen molar-refractivity contribution >= 4 is 9.84 Å². The molecule has 1 saturated heterocycles. The lowest BCUT2D eigenvalue weighted by Crippen LogP contribution is -2.50. The third-order valence-electron chi connectivity index (χ3n) is 4.17. The van der Waals surface area contributed by atoms with E-state index < -0.39 is 15.1 Å². The first-order valence-electron chi connectivity index (χ1n) is 7.59. The van der Waals surface area contributed by atoms with Gasteiger partial charge in [0, 0.05) is 12.6 Å². The van der Waals surface area contributed by atoms with Gasteiger partial charge in [-0.1, -0.05) is 13.0 Å². The van der Waals surface area contributed by atoms with E-state index in [9.17, 15) is 8.42 Å². The summed E-state index contributed by atoms with van der Waals surface area (Å²) in [5, 5.41) is 2.86. The minimum Gasteiger partial charge on any atom is -0.380 e. The van der Waals surface area contributed by atoms with E-state index >= 15 is 0 Å². The molecule has 2 unspecified atom stereocenters. The second-order valence-corrected chi connectivity index (χ2v) is 7.92. The minimum absolute atomic E-state index is 0.0229. The third kappa shape index (κ3) is 3.65. The predicted molar refractivity (Wildman–Crippen MR) is 84.4 cm³/mol. The second kappa shape index (κ2) is 6.90. The van der Waals surface area contributed by atoms with Gasteiger partial charge in [0.05, 0.1) is 11.5 Å². The van der Waals surface area contributed by atoms with Gasteiger partial charge in [-0.3, -0.25) is 0 Å². The Morgan fingerprint density at radius 2 is 2.05 bits per heavy atom. The smallest absolute Gasteiger partial charge is 0.185 e. The molecule has 1 fully saturated rings. The molecule has 118 valence electrons. The van der Waals surface area contributed by atoms with E-state index in [2.05, 4.69) is 12.2 Å². The SMILES string of the molecule is CCCNC1CCOCC1S(=O)(=O)c1ccc(C)c(C)c1. The van der Waals surface area contributed by atoms with Crippen LogP contribution in [0.5, 0.6) is 0 Å². The summed E-state index contributed by atoms with van der Waals surface area (Å²) in [5.74, 6) is 0. The monoisotopic (exact) mass is 311 g/mol. The Morgan fingerprint density at radius 1 is 1.29 bits per heavy atom. The summed E-state index contributed by atoms with van der Waals surface area (Å²) in [5.41, 5.74) is 2.11. The molecule has 1 aliphatic rings. The summed E-state index contributed by atoms with van der Waals surface area (Å²) < 4.78 is 31.2. The molecule has 0 bridgehead atoms. The standard InChI is InChI=1S/C16H25NO3S/c1-4-8-17-15-7-9-20-11-16(15)21(18,19)14-6-5-12(2)13(3)10-14/h5-6,10,15-17H,4,7-9,11H2,1-3H3. The largest absolute Gasteiger partial charge is 0.380 e. The van der Waals surface area contributed by atoms with Gasteiger partial charge in [0.2, 0.25) is 0 Å². The van der Waals surface area contributed by atoms with Crippen LogP contribution in [0.2, 0.25) is 0 Å². The highest BCUT2D eigenvalue weighted by Gasteiger charge is 2.37. The van der Waals surface area contributed by atoms with Crippen LogP contribution >= 0.6 is 0 Å². The number of benzene rings is 1. The highest BCUT2D eigenvalue weighted by Crippen LogP contribution is 2.24. The van der Waals surface area contributed by atoms with Gasteiger partial charge in [0.1, 0.15) is 5.25 Å². The van der Waals surface area contributed by atoms with E-state index in [-0.39, 0.29) is 12.6 Å². The van der Waals surface area contributed by atoms with Gasteiger partial charge in [0.15, 0.2) is 9.84 Å². The molecule has 0 aromatic heterocycles. The molecular weight excluding hydrogens is 286 g/mol. The summed E-state index contributed by atoms with van der Waals surface area (Å²) in [4.78, 5) is 0.407. The first kappa shape index (κ1) is 16.5. The summed E-state index contributed by atoms with van der Waals surface area (Å²) in [6, 6.07) is 5.34. The fraction of sp³-hybridized carbons (Fsp3) is 0.625. The maximum Gasteiger partial charge on any atom is 0.185 e. The lowest BCUT2D eigenvalue weighted by Gasteiger charge is -2.32. The summed E-state index contributed by atoms with van der Waals surface area (Å²) >= 11 is 0. The van der Waals surface area contributed by atoms with Crippen LogP contribution in [0.1, 0.15) is 30.9 Å². The molecule has 0 amide bonds. The summed E-state index contributed by atoms with van der Waals surface area (Å²) in [6.45, 7) is 7.75. The van der Waals surface area contributed by atoms with Crippen LogP contribution in [0.4, 0.5) is 0 Å². The van der Waals surface area contributed by atoms with Crippen molar-refractivity contribution in [1.82, 2.24) is 5.32 Å². The summed E-state index contributed by atoms with van der Waals surface area (Å²) in [6.07, 6.45) is 1.74. The zero-order chi connectivity index (χ0) is 15.5. The zero-order valence-corrected chi connectivity index (χ0v) is 13.9. The van der Waals surface area contributed by atoms with E-state index in [1.165, 1.54) is 0 Å². The summed E-state index contributed by atoms with van der Waals surface area (Å²) in [7, 11) is -3.37. The van der Waals surface area contributed by atoms with Crippen molar-refractivity contribution in [2.24, 2.45) is 0 Å². The van der Waals surface area contributed by atoms with Gasteiger partial charge in [-0.2, -0.15) is 0 Å². The van der Waals surface area contributed by atoms with Gasteiger partial charge in [-0.15, -0.1) is 0 Å². The Morgan fingerprint density at radius 3 is 2.71 bits per heavy atom. The Hall–Kier alpha value is -0.910. The molecule has 0 aliphatic carbocycles. The van der Waals surface area contributed by atoms with Crippen LogP contribution < -0.4 is 5.32 Å². The maximum absolute atomic E-state index is 12.9. The molecule has 4 nitrogen and oxygen atoms in total. The number of ether oxygens (including phenoxy) is 1. The van der Waals surface area contributed by atoms with Crippen LogP contribution in [-0.2, 0) is 14.6 Å². The predicted octanol–water partition coefficient (Wildman–Crippen LogP) is 2.23. The molecule has 0 spiro atoms. The molecule has 1 aliphatic heterocycles. The van der Waals surface area contributed by atoms with Crippen molar-refractivity contribution in [2.45, 2.75) is 49.8 Å². The van der Waals surface area contributed by atoms with E-state index in [0.29, 0.717) is 11.5 Å². The molecular formula is C16H25NO3S. The van der Waals surface area contributed by atoms with Crippen molar-refractivity contribution < 1.29 is 13.2 Å².